The molecule has 0 aliphatic carbocycles. The van der Waals surface area contributed by atoms with Crippen LogP contribution < -0.4 is 4.72 Å². The molecule has 6 nitrogen and oxygen atoms in total. The smallest absolute Gasteiger partial charge is 0.209 e. The number of ether oxygens (including phenoxy) is 1. The van der Waals surface area contributed by atoms with Gasteiger partial charge in [0.15, 0.2) is 0 Å². The topological polar surface area (TPSA) is 71.5 Å². The van der Waals surface area contributed by atoms with E-state index in [1.165, 1.54) is 6.26 Å². The van der Waals surface area contributed by atoms with Gasteiger partial charge < -0.3 is 4.74 Å². The number of nitrogens with one attached hydrogen (secondary N) is 1. The summed E-state index contributed by atoms with van der Waals surface area (Å²) in [6.45, 7) is 2.17. The van der Waals surface area contributed by atoms with Crippen LogP contribution in [-0.2, 0) is 21.3 Å². The molecule has 2 fully saturated rings. The normalized spacial score (nSPS) is 31.4. The van der Waals surface area contributed by atoms with Crippen LogP contribution in [0.5, 0.6) is 0 Å². The van der Waals surface area contributed by atoms with Gasteiger partial charge in [-0.25, -0.2) is 18.1 Å². The van der Waals surface area contributed by atoms with Crippen LogP contribution in [0, 0.1) is 0 Å². The van der Waals surface area contributed by atoms with Crippen molar-refractivity contribution >= 4 is 21.4 Å². The van der Waals surface area contributed by atoms with Crippen LogP contribution in [0.25, 0.3) is 0 Å². The molecule has 1 aromatic heterocycles. The quantitative estimate of drug-likeness (QED) is 0.872. The summed E-state index contributed by atoms with van der Waals surface area (Å²) < 4.78 is 31.5. The Morgan fingerprint density at radius 1 is 1.60 bits per heavy atom. The molecule has 1 aromatic rings. The highest BCUT2D eigenvalue weighted by Gasteiger charge is 2.44. The van der Waals surface area contributed by atoms with Gasteiger partial charge >= 0.3 is 0 Å². The van der Waals surface area contributed by atoms with Gasteiger partial charge in [-0.3, -0.25) is 4.90 Å². The third-order valence-corrected chi connectivity index (χ3v) is 5.31. The van der Waals surface area contributed by atoms with Gasteiger partial charge in [0.1, 0.15) is 5.01 Å². The van der Waals surface area contributed by atoms with E-state index in [-0.39, 0.29) is 18.2 Å². The predicted octanol–water partition coefficient (Wildman–Crippen LogP) is 0.424. The standard InChI is InChI=1S/C12H19N3O3S2/c1-20(16,17)14-9-7-15(8-11-13-4-6-19-11)10-3-2-5-18-12(9)10/h4,6,9-10,12,14H,2-3,5,7-8H2,1H3/t9-,10-,12-/m1/s1. The van der Waals surface area contributed by atoms with Crippen LogP contribution in [-0.4, -0.2) is 55.9 Å². The molecule has 3 heterocycles. The second kappa shape index (κ2) is 5.69. The minimum atomic E-state index is -3.21. The molecule has 112 valence electrons. The maximum absolute atomic E-state index is 11.5. The first-order chi connectivity index (χ1) is 9.53. The van der Waals surface area contributed by atoms with E-state index >= 15 is 0 Å². The van der Waals surface area contributed by atoms with Crippen molar-refractivity contribution in [3.05, 3.63) is 16.6 Å². The Balaban J connectivity index is 1.74. The maximum Gasteiger partial charge on any atom is 0.209 e. The third-order valence-electron chi connectivity index (χ3n) is 3.82. The zero-order valence-corrected chi connectivity index (χ0v) is 13.0. The molecule has 0 amide bonds. The number of hydrogen-bond donors (Lipinski definition) is 1. The predicted molar refractivity (Wildman–Crippen MR) is 77.1 cm³/mol. The summed E-state index contributed by atoms with van der Waals surface area (Å²) in [5, 5.41) is 3.03. The van der Waals surface area contributed by atoms with E-state index in [4.69, 9.17) is 4.74 Å². The average Bonchev–Trinajstić information content (AvgIpc) is 2.98. The second-order valence-corrected chi connectivity index (χ2v) is 8.16. The fourth-order valence-corrected chi connectivity index (χ4v) is 4.52. The zero-order chi connectivity index (χ0) is 14.2. The van der Waals surface area contributed by atoms with E-state index in [0.29, 0.717) is 13.2 Å². The first-order valence-electron chi connectivity index (χ1n) is 6.74. The highest BCUT2D eigenvalue weighted by molar-refractivity contribution is 7.88. The Kier molecular flexibility index (Phi) is 4.09. The van der Waals surface area contributed by atoms with Gasteiger partial charge in [-0.1, -0.05) is 0 Å². The number of aromatic nitrogens is 1. The molecule has 2 saturated heterocycles. The van der Waals surface area contributed by atoms with E-state index in [1.54, 1.807) is 17.5 Å². The molecule has 3 rings (SSSR count). The van der Waals surface area contributed by atoms with Crippen molar-refractivity contribution in [3.8, 4) is 0 Å². The van der Waals surface area contributed by atoms with Crippen LogP contribution >= 0.6 is 11.3 Å². The summed E-state index contributed by atoms with van der Waals surface area (Å²) in [4.78, 5) is 6.61. The number of sulfonamides is 1. The van der Waals surface area contributed by atoms with Crippen LogP contribution in [0.3, 0.4) is 0 Å². The summed E-state index contributed by atoms with van der Waals surface area (Å²) in [6, 6.07) is 0.127. The van der Waals surface area contributed by atoms with E-state index in [9.17, 15) is 8.42 Å². The number of fused-ring (bicyclic) bond motifs is 1. The SMILES string of the molecule is CS(=O)(=O)N[C@@H]1CN(Cc2nccs2)[C@@H]2CCCO[C@@H]21. The van der Waals surface area contributed by atoms with Gasteiger partial charge in [0.05, 0.1) is 24.9 Å². The van der Waals surface area contributed by atoms with Crippen LogP contribution in [0.2, 0.25) is 0 Å². The summed E-state index contributed by atoms with van der Waals surface area (Å²) in [7, 11) is -3.21. The molecule has 0 saturated carbocycles. The highest BCUT2D eigenvalue weighted by Crippen LogP contribution is 2.30. The summed E-state index contributed by atoms with van der Waals surface area (Å²) in [6.07, 6.45) is 5.04. The summed E-state index contributed by atoms with van der Waals surface area (Å²) in [5.74, 6) is 0. The molecule has 0 bridgehead atoms. The molecular weight excluding hydrogens is 298 g/mol. The van der Waals surface area contributed by atoms with Gasteiger partial charge in [-0.05, 0) is 12.8 Å². The van der Waals surface area contributed by atoms with Crippen LogP contribution in [0.4, 0.5) is 0 Å². The molecule has 20 heavy (non-hydrogen) atoms. The molecule has 2 aliphatic heterocycles. The number of nitrogens with zero attached hydrogens (tertiary/aromatic N) is 2. The second-order valence-electron chi connectivity index (χ2n) is 5.40. The molecule has 0 unspecified atom stereocenters. The van der Waals surface area contributed by atoms with E-state index in [2.05, 4.69) is 14.6 Å². The Morgan fingerprint density at radius 2 is 2.45 bits per heavy atom. The monoisotopic (exact) mass is 317 g/mol. The third kappa shape index (κ3) is 3.20. The highest BCUT2D eigenvalue weighted by atomic mass is 32.2. The van der Waals surface area contributed by atoms with Crippen molar-refractivity contribution in [3.63, 3.8) is 0 Å². The van der Waals surface area contributed by atoms with Gasteiger partial charge in [-0.15, -0.1) is 11.3 Å². The summed E-state index contributed by atoms with van der Waals surface area (Å²) >= 11 is 1.63. The van der Waals surface area contributed by atoms with Gasteiger partial charge in [0.2, 0.25) is 10.0 Å². The molecule has 0 aromatic carbocycles. The van der Waals surface area contributed by atoms with E-state index < -0.39 is 10.0 Å². The molecule has 8 heteroatoms. The van der Waals surface area contributed by atoms with E-state index in [1.807, 2.05) is 5.38 Å². The number of rotatable bonds is 4. The van der Waals surface area contributed by atoms with Crippen LogP contribution in [0.15, 0.2) is 11.6 Å². The molecule has 2 aliphatic rings. The zero-order valence-electron chi connectivity index (χ0n) is 11.4. The minimum Gasteiger partial charge on any atom is -0.375 e. The molecular formula is C12H19N3O3S2. The van der Waals surface area contributed by atoms with Gasteiger partial charge in [0.25, 0.3) is 0 Å². The average molecular weight is 317 g/mol. The fraction of sp³-hybridized carbons (Fsp3) is 0.750. The molecule has 1 N–H and O–H groups in total. The minimum absolute atomic E-state index is 0.0431. The lowest BCUT2D eigenvalue weighted by molar-refractivity contribution is -0.0193. The number of thiazole rings is 1. The first-order valence-corrected chi connectivity index (χ1v) is 9.51. The van der Waals surface area contributed by atoms with Crippen molar-refractivity contribution in [2.24, 2.45) is 0 Å². The Hall–Kier alpha value is -0.540. The van der Waals surface area contributed by atoms with Gasteiger partial charge in [-0.2, -0.15) is 0 Å². The molecule has 0 spiro atoms. The maximum atomic E-state index is 11.5. The van der Waals surface area contributed by atoms with Crippen molar-refractivity contribution < 1.29 is 13.2 Å². The van der Waals surface area contributed by atoms with Crippen molar-refractivity contribution in [2.45, 2.75) is 37.6 Å². The largest absolute Gasteiger partial charge is 0.375 e. The Bertz CT molecular complexity index is 546. The van der Waals surface area contributed by atoms with Gasteiger partial charge in [0, 0.05) is 30.8 Å². The number of hydrogen-bond acceptors (Lipinski definition) is 6. The lowest BCUT2D eigenvalue weighted by Crippen LogP contribution is -2.47. The van der Waals surface area contributed by atoms with Crippen LogP contribution in [0.1, 0.15) is 17.8 Å². The van der Waals surface area contributed by atoms with E-state index in [0.717, 1.165) is 24.4 Å². The summed E-state index contributed by atoms with van der Waals surface area (Å²) in [5.41, 5.74) is 0. The fourth-order valence-electron chi connectivity index (χ4n) is 3.12. The van der Waals surface area contributed by atoms with Crippen molar-refractivity contribution in [2.75, 3.05) is 19.4 Å². The Labute approximate surface area is 123 Å². The number of likely N-dealkylation sites (tertiary alicyclic amines) is 1. The lowest BCUT2D eigenvalue weighted by atomic mass is 10.0. The first kappa shape index (κ1) is 14.4. The lowest BCUT2D eigenvalue weighted by Gasteiger charge is -2.32. The molecule has 3 atom stereocenters. The van der Waals surface area contributed by atoms with Crippen molar-refractivity contribution in [1.29, 1.82) is 0 Å². The van der Waals surface area contributed by atoms with Crippen molar-refractivity contribution in [1.82, 2.24) is 14.6 Å². The Morgan fingerprint density at radius 3 is 3.15 bits per heavy atom. The molecule has 0 radical (unpaired) electrons.